The van der Waals surface area contributed by atoms with Crippen LogP contribution in [0.4, 0.5) is 0 Å². The third-order valence-electron chi connectivity index (χ3n) is 3.60. The van der Waals surface area contributed by atoms with Gasteiger partial charge in [0.1, 0.15) is 5.52 Å². The fourth-order valence-electron chi connectivity index (χ4n) is 2.41. The highest BCUT2D eigenvalue weighted by molar-refractivity contribution is 5.92. The summed E-state index contributed by atoms with van der Waals surface area (Å²) in [6.07, 6.45) is 1.43. The summed E-state index contributed by atoms with van der Waals surface area (Å²) in [5.41, 5.74) is 2.50. The lowest BCUT2D eigenvalue weighted by atomic mass is 10.3. The van der Waals surface area contributed by atoms with Gasteiger partial charge in [-0.2, -0.15) is 0 Å². The number of nitrogens with one attached hydrogen (secondary N) is 1. The van der Waals surface area contributed by atoms with Crippen LogP contribution in [0.5, 0.6) is 0 Å². The van der Waals surface area contributed by atoms with Crippen LogP contribution in [0.15, 0.2) is 28.7 Å². The van der Waals surface area contributed by atoms with Crippen molar-refractivity contribution >= 4 is 16.9 Å². The summed E-state index contributed by atoms with van der Waals surface area (Å²) in [7, 11) is 0. The van der Waals surface area contributed by atoms with E-state index in [1.807, 2.05) is 35.9 Å². The second kappa shape index (κ2) is 6.60. The molecule has 2 aromatic heterocycles. The normalized spacial score (nSPS) is 11.0. The van der Waals surface area contributed by atoms with Gasteiger partial charge in [0.15, 0.2) is 5.89 Å². The molecule has 0 saturated heterocycles. The number of hydrogen-bond donors (Lipinski definition) is 1. The van der Waals surface area contributed by atoms with E-state index in [0.29, 0.717) is 36.9 Å². The monoisotopic (exact) mass is 313 g/mol. The molecule has 0 radical (unpaired) electrons. The standard InChI is InChI=1S/C16H19N5O2/c1-3-14-18-11(2)15(23-14)16(22)17-9-6-10-21-13-8-5-4-7-12(13)19-20-21/h4-5,7-8H,3,6,9-10H2,1-2H3,(H,17,22). The van der Waals surface area contributed by atoms with Crippen molar-refractivity contribution in [3.05, 3.63) is 41.6 Å². The number of hydrogen-bond acceptors (Lipinski definition) is 5. The van der Waals surface area contributed by atoms with Gasteiger partial charge in [-0.05, 0) is 25.5 Å². The molecule has 1 aromatic carbocycles. The minimum atomic E-state index is -0.224. The summed E-state index contributed by atoms with van der Waals surface area (Å²) in [4.78, 5) is 16.3. The van der Waals surface area contributed by atoms with Gasteiger partial charge in [-0.1, -0.05) is 24.3 Å². The molecule has 1 N–H and O–H groups in total. The molecule has 0 saturated carbocycles. The average Bonchev–Trinajstić information content (AvgIpc) is 3.15. The molecule has 0 unspecified atom stereocenters. The number of carbonyl (C=O) groups excluding carboxylic acids is 1. The smallest absolute Gasteiger partial charge is 0.289 e. The van der Waals surface area contributed by atoms with Gasteiger partial charge >= 0.3 is 0 Å². The summed E-state index contributed by atoms with van der Waals surface area (Å²) in [6, 6.07) is 7.81. The molecule has 3 aromatic rings. The predicted octanol–water partition coefficient (Wildman–Crippen LogP) is 2.11. The lowest BCUT2D eigenvalue weighted by Crippen LogP contribution is -2.25. The van der Waals surface area contributed by atoms with Gasteiger partial charge in [0.25, 0.3) is 5.91 Å². The molecule has 1 amide bonds. The summed E-state index contributed by atoms with van der Waals surface area (Å²) < 4.78 is 7.28. The van der Waals surface area contributed by atoms with Crippen LogP contribution >= 0.6 is 0 Å². The van der Waals surface area contributed by atoms with Crippen molar-refractivity contribution < 1.29 is 9.21 Å². The number of nitrogens with zero attached hydrogens (tertiary/aromatic N) is 4. The number of rotatable bonds is 6. The molecule has 0 aliphatic carbocycles. The van der Waals surface area contributed by atoms with Gasteiger partial charge in [-0.25, -0.2) is 9.67 Å². The second-order valence-electron chi connectivity index (χ2n) is 5.29. The first kappa shape index (κ1) is 15.2. The van der Waals surface area contributed by atoms with Gasteiger partial charge in [0.2, 0.25) is 5.76 Å². The number of oxazole rings is 1. The highest BCUT2D eigenvalue weighted by atomic mass is 16.4. The van der Waals surface area contributed by atoms with Crippen molar-refractivity contribution in [2.45, 2.75) is 33.2 Å². The van der Waals surface area contributed by atoms with E-state index in [1.165, 1.54) is 0 Å². The van der Waals surface area contributed by atoms with Crippen LogP contribution < -0.4 is 5.32 Å². The van der Waals surface area contributed by atoms with Crippen LogP contribution in [0.3, 0.4) is 0 Å². The molecule has 0 aliphatic heterocycles. The number of amides is 1. The molecule has 7 nitrogen and oxygen atoms in total. The quantitative estimate of drug-likeness (QED) is 0.704. The van der Waals surface area contributed by atoms with Crippen molar-refractivity contribution in [2.24, 2.45) is 0 Å². The number of aryl methyl sites for hydroxylation is 3. The Morgan fingerprint density at radius 2 is 2.17 bits per heavy atom. The number of para-hydroxylation sites is 1. The first-order chi connectivity index (χ1) is 11.2. The van der Waals surface area contributed by atoms with E-state index in [1.54, 1.807) is 6.92 Å². The van der Waals surface area contributed by atoms with E-state index in [2.05, 4.69) is 20.6 Å². The lowest BCUT2D eigenvalue weighted by molar-refractivity contribution is 0.0922. The van der Waals surface area contributed by atoms with Gasteiger partial charge in [-0.15, -0.1) is 5.10 Å². The first-order valence-corrected chi connectivity index (χ1v) is 7.71. The van der Waals surface area contributed by atoms with E-state index < -0.39 is 0 Å². The van der Waals surface area contributed by atoms with E-state index in [4.69, 9.17) is 4.42 Å². The minimum Gasteiger partial charge on any atom is -0.435 e. The molecule has 23 heavy (non-hydrogen) atoms. The molecular formula is C16H19N5O2. The van der Waals surface area contributed by atoms with E-state index in [-0.39, 0.29) is 5.91 Å². The lowest BCUT2D eigenvalue weighted by Gasteiger charge is -2.04. The Balaban J connectivity index is 1.53. The summed E-state index contributed by atoms with van der Waals surface area (Å²) in [5.74, 6) is 0.660. The number of aromatic nitrogens is 4. The third-order valence-corrected chi connectivity index (χ3v) is 3.60. The summed E-state index contributed by atoms with van der Waals surface area (Å²) >= 11 is 0. The van der Waals surface area contributed by atoms with Crippen molar-refractivity contribution in [3.8, 4) is 0 Å². The third kappa shape index (κ3) is 3.23. The Labute approximate surface area is 133 Å². The maximum Gasteiger partial charge on any atom is 0.289 e. The zero-order chi connectivity index (χ0) is 16.2. The average molecular weight is 313 g/mol. The Morgan fingerprint density at radius 3 is 2.96 bits per heavy atom. The fourth-order valence-corrected chi connectivity index (χ4v) is 2.41. The van der Waals surface area contributed by atoms with Crippen LogP contribution in [0.2, 0.25) is 0 Å². The predicted molar refractivity (Wildman–Crippen MR) is 85.1 cm³/mol. The molecule has 0 fully saturated rings. The van der Waals surface area contributed by atoms with Crippen LogP contribution in [-0.2, 0) is 13.0 Å². The number of fused-ring (bicyclic) bond motifs is 1. The molecule has 0 aliphatic rings. The Kier molecular flexibility index (Phi) is 4.36. The maximum atomic E-state index is 12.1. The maximum absolute atomic E-state index is 12.1. The largest absolute Gasteiger partial charge is 0.435 e. The second-order valence-corrected chi connectivity index (χ2v) is 5.29. The van der Waals surface area contributed by atoms with Gasteiger partial charge < -0.3 is 9.73 Å². The van der Waals surface area contributed by atoms with Crippen LogP contribution in [0.1, 0.15) is 35.5 Å². The topological polar surface area (TPSA) is 85.8 Å². The minimum absolute atomic E-state index is 0.224. The van der Waals surface area contributed by atoms with Crippen molar-refractivity contribution in [3.63, 3.8) is 0 Å². The highest BCUT2D eigenvalue weighted by Gasteiger charge is 2.16. The van der Waals surface area contributed by atoms with Crippen molar-refractivity contribution in [1.29, 1.82) is 0 Å². The van der Waals surface area contributed by atoms with E-state index in [9.17, 15) is 4.79 Å². The zero-order valence-electron chi connectivity index (χ0n) is 13.2. The van der Waals surface area contributed by atoms with Crippen LogP contribution in [0, 0.1) is 6.92 Å². The molecule has 120 valence electrons. The SMILES string of the molecule is CCc1nc(C)c(C(=O)NCCCn2nnc3ccccc32)o1. The van der Waals surface area contributed by atoms with Crippen LogP contribution in [-0.4, -0.2) is 32.4 Å². The molecule has 3 rings (SSSR count). The fraction of sp³-hybridized carbons (Fsp3) is 0.375. The molecule has 2 heterocycles. The van der Waals surface area contributed by atoms with Crippen molar-refractivity contribution in [2.75, 3.05) is 6.54 Å². The van der Waals surface area contributed by atoms with Crippen LogP contribution in [0.25, 0.3) is 11.0 Å². The molecule has 0 spiro atoms. The first-order valence-electron chi connectivity index (χ1n) is 7.71. The van der Waals surface area contributed by atoms with Gasteiger partial charge in [-0.3, -0.25) is 4.79 Å². The summed E-state index contributed by atoms with van der Waals surface area (Å²) in [6.45, 7) is 4.94. The van der Waals surface area contributed by atoms with Crippen molar-refractivity contribution in [1.82, 2.24) is 25.3 Å². The highest BCUT2D eigenvalue weighted by Crippen LogP contribution is 2.11. The van der Waals surface area contributed by atoms with Gasteiger partial charge in [0, 0.05) is 19.5 Å². The van der Waals surface area contributed by atoms with Gasteiger partial charge in [0.05, 0.1) is 11.2 Å². The Hall–Kier alpha value is -2.70. The Bertz CT molecular complexity index is 821. The summed E-state index contributed by atoms with van der Waals surface area (Å²) in [5, 5.41) is 11.1. The molecular weight excluding hydrogens is 294 g/mol. The zero-order valence-corrected chi connectivity index (χ0v) is 13.2. The molecule has 0 atom stereocenters. The van der Waals surface area contributed by atoms with E-state index >= 15 is 0 Å². The Morgan fingerprint density at radius 1 is 1.35 bits per heavy atom. The number of carbonyl (C=O) groups is 1. The van der Waals surface area contributed by atoms with E-state index in [0.717, 1.165) is 17.5 Å². The molecule has 0 bridgehead atoms. The number of benzene rings is 1. The molecule has 7 heteroatoms.